The molecule has 0 atom stereocenters. The minimum absolute atomic E-state index is 0.0287. The lowest BCUT2D eigenvalue weighted by molar-refractivity contribution is 0.0746. The van der Waals surface area contributed by atoms with Gasteiger partial charge in [0, 0.05) is 31.9 Å². The molecule has 1 N–H and O–H groups in total. The minimum atomic E-state index is -0.0287. The fourth-order valence-corrected chi connectivity index (χ4v) is 3.51. The van der Waals surface area contributed by atoms with Gasteiger partial charge in [-0.2, -0.15) is 0 Å². The Morgan fingerprint density at radius 1 is 0.931 bits per heavy atom. The quantitative estimate of drug-likeness (QED) is 0.704. The summed E-state index contributed by atoms with van der Waals surface area (Å²) in [6.07, 6.45) is 0. The molecule has 0 spiro atoms. The van der Waals surface area contributed by atoms with Gasteiger partial charge < -0.3 is 15.1 Å². The summed E-state index contributed by atoms with van der Waals surface area (Å²) < 4.78 is 0. The summed E-state index contributed by atoms with van der Waals surface area (Å²) in [4.78, 5) is 16.7. The van der Waals surface area contributed by atoms with Gasteiger partial charge in [-0.3, -0.25) is 4.79 Å². The summed E-state index contributed by atoms with van der Waals surface area (Å²) in [5.41, 5.74) is 2.74. The Labute approximate surface area is 175 Å². The smallest absolute Gasteiger partial charge is 0.255 e. The van der Waals surface area contributed by atoms with Gasteiger partial charge in [-0.05, 0) is 43.3 Å². The molecule has 0 bridgehead atoms. The van der Waals surface area contributed by atoms with Gasteiger partial charge in [-0.25, -0.2) is 0 Å². The molecular weight excluding hydrogens is 386 g/mol. The van der Waals surface area contributed by atoms with E-state index in [0.29, 0.717) is 42.6 Å². The van der Waals surface area contributed by atoms with Crippen LogP contribution >= 0.6 is 11.6 Å². The number of benzene rings is 2. The molecule has 7 heteroatoms. The number of aromatic nitrogens is 2. The Morgan fingerprint density at radius 2 is 1.66 bits per heavy atom. The number of piperazine rings is 1. The number of amides is 1. The maximum absolute atomic E-state index is 12.7. The van der Waals surface area contributed by atoms with Crippen molar-refractivity contribution < 1.29 is 4.79 Å². The monoisotopic (exact) mass is 407 g/mol. The van der Waals surface area contributed by atoms with Crippen LogP contribution in [0.2, 0.25) is 5.02 Å². The molecule has 29 heavy (non-hydrogen) atoms. The molecule has 1 amide bonds. The molecule has 1 aliphatic heterocycles. The van der Waals surface area contributed by atoms with Crippen LogP contribution in [-0.4, -0.2) is 47.2 Å². The van der Waals surface area contributed by atoms with E-state index in [1.807, 2.05) is 53.4 Å². The molecule has 0 aliphatic carbocycles. The van der Waals surface area contributed by atoms with Crippen molar-refractivity contribution in [2.24, 2.45) is 0 Å². The number of hydrogen-bond donors (Lipinski definition) is 1. The third-order valence-electron chi connectivity index (χ3n) is 4.97. The van der Waals surface area contributed by atoms with E-state index < -0.39 is 0 Å². The fraction of sp³-hybridized carbons (Fsp3) is 0.227. The second kappa shape index (κ2) is 8.49. The van der Waals surface area contributed by atoms with Crippen LogP contribution in [0, 0.1) is 6.92 Å². The second-order valence-corrected chi connectivity index (χ2v) is 7.43. The van der Waals surface area contributed by atoms with Gasteiger partial charge in [0.25, 0.3) is 5.91 Å². The number of halogens is 1. The average molecular weight is 408 g/mol. The molecule has 2 heterocycles. The number of anilines is 3. The predicted octanol–water partition coefficient (Wildman–Crippen LogP) is 4.14. The van der Waals surface area contributed by atoms with Gasteiger partial charge in [-0.15, -0.1) is 10.2 Å². The molecular formula is C22H22ClN5O. The summed E-state index contributed by atoms with van der Waals surface area (Å²) in [7, 11) is 0. The molecule has 148 valence electrons. The third-order valence-corrected chi connectivity index (χ3v) is 5.30. The Balaban J connectivity index is 1.35. The number of carbonyl (C=O) groups is 1. The first kappa shape index (κ1) is 19.2. The molecule has 0 saturated carbocycles. The normalized spacial score (nSPS) is 14.0. The van der Waals surface area contributed by atoms with E-state index in [2.05, 4.69) is 27.3 Å². The van der Waals surface area contributed by atoms with E-state index in [-0.39, 0.29) is 5.91 Å². The molecule has 1 saturated heterocycles. The van der Waals surface area contributed by atoms with Gasteiger partial charge in [0.05, 0.1) is 10.6 Å². The van der Waals surface area contributed by atoms with Crippen LogP contribution in [0.25, 0.3) is 0 Å². The third kappa shape index (κ3) is 4.49. The highest BCUT2D eigenvalue weighted by Gasteiger charge is 2.24. The van der Waals surface area contributed by atoms with Crippen LogP contribution in [0.1, 0.15) is 15.9 Å². The van der Waals surface area contributed by atoms with Crippen LogP contribution in [0.4, 0.5) is 17.3 Å². The van der Waals surface area contributed by atoms with Crippen molar-refractivity contribution in [3.05, 3.63) is 76.8 Å². The zero-order valence-electron chi connectivity index (χ0n) is 16.2. The standard InChI is InChI=1S/C22H22ClN5O/c1-16-6-8-17(9-7-16)24-20-10-11-21(26-25-20)27-12-14-28(15-13-27)22(29)18-4-2-3-5-19(18)23/h2-11H,12-15H2,1H3,(H,24,25). The minimum Gasteiger partial charge on any atom is -0.352 e. The van der Waals surface area contributed by atoms with Gasteiger partial charge >= 0.3 is 0 Å². The lowest BCUT2D eigenvalue weighted by Gasteiger charge is -2.35. The Morgan fingerprint density at radius 3 is 2.31 bits per heavy atom. The largest absolute Gasteiger partial charge is 0.352 e. The molecule has 0 radical (unpaired) electrons. The highest BCUT2D eigenvalue weighted by Crippen LogP contribution is 2.21. The van der Waals surface area contributed by atoms with Gasteiger partial charge in [0.2, 0.25) is 0 Å². The van der Waals surface area contributed by atoms with Crippen LogP contribution in [0.5, 0.6) is 0 Å². The molecule has 1 fully saturated rings. The Hall–Kier alpha value is -3.12. The van der Waals surface area contributed by atoms with Crippen molar-refractivity contribution in [3.63, 3.8) is 0 Å². The van der Waals surface area contributed by atoms with E-state index in [0.717, 1.165) is 11.5 Å². The summed E-state index contributed by atoms with van der Waals surface area (Å²) in [6.45, 7) is 4.70. The Kier molecular flexibility index (Phi) is 5.62. The molecule has 2 aromatic carbocycles. The number of nitrogens with zero attached hydrogens (tertiary/aromatic N) is 4. The molecule has 6 nitrogen and oxygen atoms in total. The summed E-state index contributed by atoms with van der Waals surface area (Å²) in [5, 5.41) is 12.4. The summed E-state index contributed by atoms with van der Waals surface area (Å²) >= 11 is 6.16. The SMILES string of the molecule is Cc1ccc(Nc2ccc(N3CCN(C(=O)c4ccccc4Cl)CC3)nn2)cc1. The molecule has 3 aromatic rings. The number of nitrogens with one attached hydrogen (secondary N) is 1. The van der Waals surface area contributed by atoms with Crippen molar-refractivity contribution >= 4 is 34.8 Å². The predicted molar refractivity (Wildman–Crippen MR) is 116 cm³/mol. The van der Waals surface area contributed by atoms with E-state index in [9.17, 15) is 4.79 Å². The van der Waals surface area contributed by atoms with E-state index in [4.69, 9.17) is 11.6 Å². The number of hydrogen-bond acceptors (Lipinski definition) is 5. The van der Waals surface area contributed by atoms with Crippen molar-refractivity contribution in [2.45, 2.75) is 6.92 Å². The van der Waals surface area contributed by atoms with Crippen LogP contribution < -0.4 is 10.2 Å². The van der Waals surface area contributed by atoms with Gasteiger partial charge in [-0.1, -0.05) is 41.4 Å². The molecule has 0 unspecified atom stereocenters. The van der Waals surface area contributed by atoms with E-state index in [1.165, 1.54) is 5.56 Å². The number of aryl methyl sites for hydroxylation is 1. The van der Waals surface area contributed by atoms with Gasteiger partial charge in [0.1, 0.15) is 0 Å². The first-order valence-electron chi connectivity index (χ1n) is 9.56. The van der Waals surface area contributed by atoms with Crippen molar-refractivity contribution in [1.82, 2.24) is 15.1 Å². The van der Waals surface area contributed by atoms with E-state index in [1.54, 1.807) is 12.1 Å². The maximum atomic E-state index is 12.7. The number of rotatable bonds is 4. The fourth-order valence-electron chi connectivity index (χ4n) is 3.29. The van der Waals surface area contributed by atoms with Crippen molar-refractivity contribution in [2.75, 3.05) is 36.4 Å². The first-order chi connectivity index (χ1) is 14.1. The van der Waals surface area contributed by atoms with Crippen LogP contribution in [0.15, 0.2) is 60.7 Å². The lowest BCUT2D eigenvalue weighted by Crippen LogP contribution is -2.49. The summed E-state index contributed by atoms with van der Waals surface area (Å²) in [6, 6.07) is 19.2. The van der Waals surface area contributed by atoms with Crippen molar-refractivity contribution in [1.29, 1.82) is 0 Å². The topological polar surface area (TPSA) is 61.4 Å². The maximum Gasteiger partial charge on any atom is 0.255 e. The summed E-state index contributed by atoms with van der Waals surface area (Å²) in [5.74, 6) is 1.48. The average Bonchev–Trinajstić information content (AvgIpc) is 2.76. The van der Waals surface area contributed by atoms with Crippen LogP contribution in [0.3, 0.4) is 0 Å². The molecule has 1 aromatic heterocycles. The zero-order valence-corrected chi connectivity index (χ0v) is 16.9. The van der Waals surface area contributed by atoms with E-state index >= 15 is 0 Å². The number of carbonyl (C=O) groups excluding carboxylic acids is 1. The highest BCUT2D eigenvalue weighted by molar-refractivity contribution is 6.33. The lowest BCUT2D eigenvalue weighted by atomic mass is 10.2. The van der Waals surface area contributed by atoms with Gasteiger partial charge in [0.15, 0.2) is 11.6 Å². The zero-order chi connectivity index (χ0) is 20.2. The highest BCUT2D eigenvalue weighted by atomic mass is 35.5. The Bertz CT molecular complexity index is 983. The van der Waals surface area contributed by atoms with Crippen molar-refractivity contribution in [3.8, 4) is 0 Å². The van der Waals surface area contributed by atoms with Crippen LogP contribution in [-0.2, 0) is 0 Å². The second-order valence-electron chi connectivity index (χ2n) is 7.03. The molecule has 4 rings (SSSR count). The molecule has 1 aliphatic rings. The first-order valence-corrected chi connectivity index (χ1v) is 9.94.